The van der Waals surface area contributed by atoms with Crippen LogP contribution in [0.1, 0.15) is 16.3 Å². The lowest BCUT2D eigenvalue weighted by Gasteiger charge is -2.26. The molecule has 0 saturated carbocycles. The summed E-state index contributed by atoms with van der Waals surface area (Å²) in [6.45, 7) is 2.99. The minimum absolute atomic E-state index is 0.0999. The van der Waals surface area contributed by atoms with Gasteiger partial charge in [-0.15, -0.1) is 11.3 Å². The standard InChI is InChI=1S/C15H20N4OS/c1-18-8-6-16-14(18)2-5-17-15(20)11-19-7-3-13-12(10-19)4-9-21-13/h4,6,8-9H,2-3,5,7,10-11H2,1H3,(H,17,20). The van der Waals surface area contributed by atoms with Crippen molar-refractivity contribution in [2.24, 2.45) is 7.05 Å². The van der Waals surface area contributed by atoms with Gasteiger partial charge in [0.05, 0.1) is 6.54 Å². The number of aromatic nitrogens is 2. The molecule has 0 aliphatic carbocycles. The number of nitrogens with one attached hydrogen (secondary N) is 1. The second kappa shape index (κ2) is 6.41. The Bertz CT molecular complexity index is 619. The van der Waals surface area contributed by atoms with E-state index in [-0.39, 0.29) is 5.91 Å². The lowest BCUT2D eigenvalue weighted by molar-refractivity contribution is -0.122. The quantitative estimate of drug-likeness (QED) is 0.903. The molecule has 112 valence electrons. The zero-order valence-corrected chi connectivity index (χ0v) is 13.0. The Kier molecular flexibility index (Phi) is 4.36. The van der Waals surface area contributed by atoms with Crippen LogP contribution in [0.3, 0.4) is 0 Å². The molecule has 0 bridgehead atoms. The van der Waals surface area contributed by atoms with Crippen LogP contribution in [0.15, 0.2) is 23.8 Å². The van der Waals surface area contributed by atoms with E-state index in [1.54, 1.807) is 6.20 Å². The van der Waals surface area contributed by atoms with Gasteiger partial charge in [0.1, 0.15) is 5.82 Å². The van der Waals surface area contributed by atoms with Gasteiger partial charge in [0.25, 0.3) is 0 Å². The van der Waals surface area contributed by atoms with Crippen molar-refractivity contribution in [1.82, 2.24) is 19.8 Å². The third-order valence-electron chi connectivity index (χ3n) is 3.85. The number of aryl methyl sites for hydroxylation is 1. The van der Waals surface area contributed by atoms with Gasteiger partial charge in [0.15, 0.2) is 0 Å². The smallest absolute Gasteiger partial charge is 0.234 e. The molecule has 2 aromatic heterocycles. The van der Waals surface area contributed by atoms with Crippen molar-refractivity contribution in [3.63, 3.8) is 0 Å². The van der Waals surface area contributed by atoms with Gasteiger partial charge >= 0.3 is 0 Å². The lowest BCUT2D eigenvalue weighted by Crippen LogP contribution is -2.40. The van der Waals surface area contributed by atoms with Gasteiger partial charge in [-0.1, -0.05) is 0 Å². The molecule has 2 aromatic rings. The van der Waals surface area contributed by atoms with Crippen molar-refractivity contribution in [3.05, 3.63) is 40.1 Å². The zero-order valence-electron chi connectivity index (χ0n) is 12.2. The second-order valence-corrected chi connectivity index (χ2v) is 6.38. The van der Waals surface area contributed by atoms with E-state index >= 15 is 0 Å². The summed E-state index contributed by atoms with van der Waals surface area (Å²) < 4.78 is 1.98. The number of nitrogens with zero attached hydrogens (tertiary/aromatic N) is 3. The van der Waals surface area contributed by atoms with Crippen LogP contribution in [0.25, 0.3) is 0 Å². The van der Waals surface area contributed by atoms with E-state index in [0.29, 0.717) is 13.1 Å². The number of amides is 1. The topological polar surface area (TPSA) is 50.2 Å². The zero-order chi connectivity index (χ0) is 14.7. The number of rotatable bonds is 5. The van der Waals surface area contributed by atoms with Gasteiger partial charge in [-0.05, 0) is 23.4 Å². The minimum Gasteiger partial charge on any atom is -0.355 e. The van der Waals surface area contributed by atoms with Gasteiger partial charge in [-0.2, -0.15) is 0 Å². The summed E-state index contributed by atoms with van der Waals surface area (Å²) >= 11 is 1.82. The molecule has 0 spiro atoms. The van der Waals surface area contributed by atoms with Gasteiger partial charge in [0.2, 0.25) is 5.91 Å². The summed E-state index contributed by atoms with van der Waals surface area (Å²) in [5.74, 6) is 1.10. The fourth-order valence-corrected chi connectivity index (χ4v) is 3.54. The van der Waals surface area contributed by atoms with Crippen LogP contribution in [0.5, 0.6) is 0 Å². The normalized spacial score (nSPS) is 14.9. The van der Waals surface area contributed by atoms with Crippen molar-refractivity contribution in [2.45, 2.75) is 19.4 Å². The van der Waals surface area contributed by atoms with Crippen molar-refractivity contribution >= 4 is 17.2 Å². The average molecular weight is 304 g/mol. The van der Waals surface area contributed by atoms with E-state index in [1.165, 1.54) is 10.4 Å². The molecule has 0 atom stereocenters. The highest BCUT2D eigenvalue weighted by molar-refractivity contribution is 7.10. The highest BCUT2D eigenvalue weighted by Crippen LogP contribution is 2.23. The molecule has 6 heteroatoms. The van der Waals surface area contributed by atoms with E-state index in [1.807, 2.05) is 29.1 Å². The first-order chi connectivity index (χ1) is 10.2. The summed E-state index contributed by atoms with van der Waals surface area (Å²) in [5, 5.41) is 5.12. The van der Waals surface area contributed by atoms with Gasteiger partial charge in [-0.3, -0.25) is 9.69 Å². The largest absolute Gasteiger partial charge is 0.355 e. The number of carbonyl (C=O) groups excluding carboxylic acids is 1. The Balaban J connectivity index is 1.42. The van der Waals surface area contributed by atoms with Crippen LogP contribution in [0.4, 0.5) is 0 Å². The van der Waals surface area contributed by atoms with Crippen LogP contribution >= 0.6 is 11.3 Å². The van der Waals surface area contributed by atoms with E-state index in [2.05, 4.69) is 26.6 Å². The van der Waals surface area contributed by atoms with Crippen molar-refractivity contribution in [3.8, 4) is 0 Å². The number of hydrogen-bond acceptors (Lipinski definition) is 4. The third kappa shape index (κ3) is 3.51. The molecule has 0 saturated heterocycles. The molecule has 1 amide bonds. The second-order valence-electron chi connectivity index (χ2n) is 5.38. The van der Waals surface area contributed by atoms with Gasteiger partial charge < -0.3 is 9.88 Å². The third-order valence-corrected chi connectivity index (χ3v) is 4.87. The van der Waals surface area contributed by atoms with Crippen molar-refractivity contribution in [2.75, 3.05) is 19.6 Å². The fraction of sp³-hybridized carbons (Fsp3) is 0.467. The predicted octanol–water partition coefficient (Wildman–Crippen LogP) is 1.20. The Morgan fingerprint density at radius 2 is 2.43 bits per heavy atom. The maximum Gasteiger partial charge on any atom is 0.234 e. The Labute approximate surface area is 128 Å². The number of hydrogen-bond donors (Lipinski definition) is 1. The molecule has 0 aromatic carbocycles. The van der Waals surface area contributed by atoms with E-state index in [0.717, 1.165) is 31.8 Å². The Morgan fingerprint density at radius 3 is 3.24 bits per heavy atom. The number of thiophene rings is 1. The predicted molar refractivity (Wildman–Crippen MR) is 83.2 cm³/mol. The van der Waals surface area contributed by atoms with Crippen LogP contribution in [-0.2, 0) is 31.2 Å². The van der Waals surface area contributed by atoms with E-state index in [4.69, 9.17) is 0 Å². The molecule has 0 radical (unpaired) electrons. The maximum absolute atomic E-state index is 12.0. The van der Waals surface area contributed by atoms with Crippen molar-refractivity contribution < 1.29 is 4.79 Å². The number of imidazole rings is 1. The van der Waals surface area contributed by atoms with Gasteiger partial charge in [0, 0.05) is 50.4 Å². The first-order valence-electron chi connectivity index (χ1n) is 7.23. The molecule has 1 aliphatic rings. The van der Waals surface area contributed by atoms with E-state index < -0.39 is 0 Å². The highest BCUT2D eigenvalue weighted by Gasteiger charge is 2.18. The number of fused-ring (bicyclic) bond motifs is 1. The summed E-state index contributed by atoms with van der Waals surface area (Å²) in [4.78, 5) is 19.9. The van der Waals surface area contributed by atoms with Crippen molar-refractivity contribution in [1.29, 1.82) is 0 Å². The minimum atomic E-state index is 0.0999. The number of carbonyl (C=O) groups is 1. The first kappa shape index (κ1) is 14.3. The monoisotopic (exact) mass is 304 g/mol. The van der Waals surface area contributed by atoms with E-state index in [9.17, 15) is 4.79 Å². The van der Waals surface area contributed by atoms with Crippen LogP contribution in [-0.4, -0.2) is 40.0 Å². The lowest BCUT2D eigenvalue weighted by atomic mass is 10.1. The molecule has 0 fully saturated rings. The summed E-state index contributed by atoms with van der Waals surface area (Å²) in [6, 6.07) is 2.17. The van der Waals surface area contributed by atoms with Crippen LogP contribution < -0.4 is 5.32 Å². The summed E-state index contributed by atoms with van der Waals surface area (Å²) in [7, 11) is 1.97. The summed E-state index contributed by atoms with van der Waals surface area (Å²) in [6.07, 6.45) is 5.53. The molecule has 5 nitrogen and oxygen atoms in total. The molecular weight excluding hydrogens is 284 g/mol. The molecule has 21 heavy (non-hydrogen) atoms. The highest BCUT2D eigenvalue weighted by atomic mass is 32.1. The molecule has 3 heterocycles. The Morgan fingerprint density at radius 1 is 1.52 bits per heavy atom. The molecule has 3 rings (SSSR count). The van der Waals surface area contributed by atoms with Crippen LogP contribution in [0, 0.1) is 0 Å². The molecule has 1 aliphatic heterocycles. The average Bonchev–Trinajstić information content (AvgIpc) is 3.07. The molecular formula is C15H20N4OS. The molecule has 0 unspecified atom stereocenters. The Hall–Kier alpha value is -1.66. The SMILES string of the molecule is Cn1ccnc1CCNC(=O)CN1CCc2sccc2C1. The molecule has 1 N–H and O–H groups in total. The maximum atomic E-state index is 12.0. The summed E-state index contributed by atoms with van der Waals surface area (Å²) in [5.41, 5.74) is 1.38. The first-order valence-corrected chi connectivity index (χ1v) is 8.11. The van der Waals surface area contributed by atoms with Crippen LogP contribution in [0.2, 0.25) is 0 Å². The van der Waals surface area contributed by atoms with Gasteiger partial charge in [-0.25, -0.2) is 4.98 Å². The fourth-order valence-electron chi connectivity index (χ4n) is 2.65.